The molecule has 0 aliphatic heterocycles. The normalized spacial score (nSPS) is 33.9. The second-order valence-electron chi connectivity index (χ2n) is 6.98. The summed E-state index contributed by atoms with van der Waals surface area (Å²) in [4.78, 5) is 12.5. The molecule has 1 fully saturated rings. The van der Waals surface area contributed by atoms with Crippen molar-refractivity contribution < 1.29 is 4.79 Å². The number of Topliss-reactive ketones (excluding diaryl/α,β-unsaturated/α-hetero) is 1. The maximum atomic E-state index is 12.5. The smallest absolute Gasteiger partial charge is 0.162 e. The minimum absolute atomic E-state index is 0.338. The quantitative estimate of drug-likeness (QED) is 0.445. The summed E-state index contributed by atoms with van der Waals surface area (Å²) >= 11 is 0. The highest BCUT2D eigenvalue weighted by Crippen LogP contribution is 2.53. The lowest BCUT2D eigenvalue weighted by atomic mass is 9.85. The van der Waals surface area contributed by atoms with E-state index >= 15 is 0 Å². The van der Waals surface area contributed by atoms with Crippen molar-refractivity contribution in [2.24, 2.45) is 23.7 Å². The van der Waals surface area contributed by atoms with Gasteiger partial charge in [0.2, 0.25) is 0 Å². The Morgan fingerprint density at radius 3 is 2.45 bits per heavy atom. The van der Waals surface area contributed by atoms with Crippen molar-refractivity contribution in [3.63, 3.8) is 0 Å². The van der Waals surface area contributed by atoms with E-state index in [0.29, 0.717) is 29.5 Å². The van der Waals surface area contributed by atoms with Crippen LogP contribution in [-0.2, 0) is 4.79 Å². The molecule has 1 saturated carbocycles. The predicted octanol–water partition coefficient (Wildman–Crippen LogP) is 5.07. The number of rotatable bonds is 8. The predicted molar refractivity (Wildman–Crippen MR) is 83.4 cm³/mol. The molecule has 1 heteroatoms. The summed E-state index contributed by atoms with van der Waals surface area (Å²) in [5, 5.41) is 0. The Labute approximate surface area is 123 Å². The average molecular weight is 272 g/mol. The van der Waals surface area contributed by atoms with Crippen LogP contribution in [0.3, 0.4) is 0 Å². The van der Waals surface area contributed by atoms with E-state index in [1.165, 1.54) is 56.9 Å². The van der Waals surface area contributed by atoms with Crippen LogP contribution in [0.15, 0.2) is 23.8 Å². The van der Waals surface area contributed by atoms with E-state index in [1.54, 1.807) is 0 Å². The zero-order valence-electron chi connectivity index (χ0n) is 12.8. The fourth-order valence-electron chi connectivity index (χ4n) is 4.46. The average Bonchev–Trinajstić information content (AvgIpc) is 3.12. The Kier molecular flexibility index (Phi) is 4.43. The van der Waals surface area contributed by atoms with Crippen LogP contribution >= 0.6 is 0 Å². The van der Waals surface area contributed by atoms with Crippen LogP contribution in [0.1, 0.15) is 64.7 Å². The largest absolute Gasteiger partial charge is 0.294 e. The van der Waals surface area contributed by atoms with Gasteiger partial charge >= 0.3 is 0 Å². The molecule has 0 radical (unpaired) electrons. The minimum atomic E-state index is 0.338. The molecule has 0 aromatic heterocycles. The Morgan fingerprint density at radius 1 is 1.00 bits per heavy atom. The summed E-state index contributed by atoms with van der Waals surface area (Å²) < 4.78 is 0. The monoisotopic (exact) mass is 272 g/mol. The Balaban J connectivity index is 1.39. The standard InChI is InChI=1S/C19H28O/c1-2-3-4-5-6-7-8-9-16-13-17-14-10-11-15(12-14)18(17)19(16)20/h10-11,13-15,17-18H,2-9,12H2,1H3/t14-,15+,17-,18+/m1/s1. The highest BCUT2D eigenvalue weighted by Gasteiger charge is 2.50. The molecule has 3 rings (SSSR count). The minimum Gasteiger partial charge on any atom is -0.294 e. The fourth-order valence-corrected chi connectivity index (χ4v) is 4.46. The third-order valence-electron chi connectivity index (χ3n) is 5.58. The highest BCUT2D eigenvalue weighted by molar-refractivity contribution is 6.00. The first-order chi connectivity index (χ1) is 9.81. The fraction of sp³-hybridized carbons (Fsp3) is 0.737. The number of unbranched alkanes of at least 4 members (excludes halogenated alkanes) is 6. The van der Waals surface area contributed by atoms with Crippen LogP contribution in [-0.4, -0.2) is 5.78 Å². The van der Waals surface area contributed by atoms with Crippen molar-refractivity contribution in [3.8, 4) is 0 Å². The summed E-state index contributed by atoms with van der Waals surface area (Å²) in [5.74, 6) is 2.65. The molecule has 0 N–H and O–H groups in total. The maximum Gasteiger partial charge on any atom is 0.162 e. The summed E-state index contributed by atoms with van der Waals surface area (Å²) in [6.45, 7) is 2.26. The van der Waals surface area contributed by atoms with Crippen LogP contribution < -0.4 is 0 Å². The van der Waals surface area contributed by atoms with Gasteiger partial charge in [-0.05, 0) is 42.6 Å². The lowest BCUT2D eigenvalue weighted by molar-refractivity contribution is -0.119. The first-order valence-corrected chi connectivity index (χ1v) is 8.74. The van der Waals surface area contributed by atoms with Crippen LogP contribution in [0.4, 0.5) is 0 Å². The second kappa shape index (κ2) is 6.28. The Hall–Kier alpha value is -0.850. The molecule has 20 heavy (non-hydrogen) atoms. The molecule has 4 atom stereocenters. The van der Waals surface area contributed by atoms with Crippen molar-refractivity contribution in [3.05, 3.63) is 23.8 Å². The molecular weight excluding hydrogens is 244 g/mol. The number of allylic oxidation sites excluding steroid dienone is 4. The van der Waals surface area contributed by atoms with E-state index in [0.717, 1.165) is 6.42 Å². The maximum absolute atomic E-state index is 12.5. The van der Waals surface area contributed by atoms with Gasteiger partial charge in [0.25, 0.3) is 0 Å². The van der Waals surface area contributed by atoms with Gasteiger partial charge in [-0.2, -0.15) is 0 Å². The van der Waals surface area contributed by atoms with Crippen molar-refractivity contribution in [1.82, 2.24) is 0 Å². The van der Waals surface area contributed by atoms with Crippen LogP contribution in [0.2, 0.25) is 0 Å². The molecule has 0 aromatic carbocycles. The highest BCUT2D eigenvalue weighted by atomic mass is 16.1. The van der Waals surface area contributed by atoms with Crippen molar-refractivity contribution >= 4 is 5.78 Å². The van der Waals surface area contributed by atoms with Gasteiger partial charge in [-0.15, -0.1) is 0 Å². The van der Waals surface area contributed by atoms with Crippen LogP contribution in [0.5, 0.6) is 0 Å². The van der Waals surface area contributed by atoms with Crippen molar-refractivity contribution in [1.29, 1.82) is 0 Å². The molecular formula is C19H28O. The number of hydrogen-bond donors (Lipinski definition) is 0. The van der Waals surface area contributed by atoms with Crippen LogP contribution in [0.25, 0.3) is 0 Å². The third-order valence-corrected chi connectivity index (χ3v) is 5.58. The van der Waals surface area contributed by atoms with Crippen LogP contribution in [0, 0.1) is 23.7 Å². The third kappa shape index (κ3) is 2.64. The van der Waals surface area contributed by atoms with Gasteiger partial charge in [-0.3, -0.25) is 4.79 Å². The van der Waals surface area contributed by atoms with Gasteiger partial charge in [0.15, 0.2) is 5.78 Å². The number of fused-ring (bicyclic) bond motifs is 5. The molecule has 2 bridgehead atoms. The second-order valence-corrected chi connectivity index (χ2v) is 6.98. The van der Waals surface area contributed by atoms with Gasteiger partial charge in [-0.1, -0.05) is 63.7 Å². The first kappa shape index (κ1) is 14.1. The van der Waals surface area contributed by atoms with Gasteiger partial charge in [0, 0.05) is 5.92 Å². The number of carbonyl (C=O) groups is 1. The zero-order chi connectivity index (χ0) is 13.9. The lowest BCUT2D eigenvalue weighted by Gasteiger charge is -2.17. The molecule has 0 saturated heterocycles. The number of hydrogen-bond acceptors (Lipinski definition) is 1. The van der Waals surface area contributed by atoms with E-state index in [2.05, 4.69) is 25.2 Å². The van der Waals surface area contributed by atoms with Crippen molar-refractivity contribution in [2.45, 2.75) is 64.7 Å². The number of carbonyl (C=O) groups excluding carboxylic acids is 1. The van der Waals surface area contributed by atoms with Gasteiger partial charge in [0.05, 0.1) is 0 Å². The van der Waals surface area contributed by atoms with E-state index < -0.39 is 0 Å². The molecule has 1 nitrogen and oxygen atoms in total. The van der Waals surface area contributed by atoms with Gasteiger partial charge in [0.1, 0.15) is 0 Å². The zero-order valence-corrected chi connectivity index (χ0v) is 12.8. The molecule has 3 aliphatic rings. The van der Waals surface area contributed by atoms with E-state index in [1.807, 2.05) is 0 Å². The lowest BCUT2D eigenvalue weighted by Crippen LogP contribution is -2.21. The topological polar surface area (TPSA) is 17.1 Å². The van der Waals surface area contributed by atoms with Gasteiger partial charge < -0.3 is 0 Å². The molecule has 0 unspecified atom stereocenters. The Bertz CT molecular complexity index is 417. The summed E-state index contributed by atoms with van der Waals surface area (Å²) in [5.41, 5.74) is 1.17. The SMILES string of the molecule is CCCCCCCCCC1=C[C@H]2[C@@H](C1=O)[C@H]1C=C[C@@H]2C1. The molecule has 0 spiro atoms. The van der Waals surface area contributed by atoms with E-state index in [9.17, 15) is 4.79 Å². The Morgan fingerprint density at radius 2 is 1.70 bits per heavy atom. The van der Waals surface area contributed by atoms with E-state index in [4.69, 9.17) is 0 Å². The molecule has 0 heterocycles. The molecule has 0 aromatic rings. The molecule has 110 valence electrons. The van der Waals surface area contributed by atoms with Crippen molar-refractivity contribution in [2.75, 3.05) is 0 Å². The number of ketones is 1. The summed E-state index contributed by atoms with van der Waals surface area (Å²) in [7, 11) is 0. The van der Waals surface area contributed by atoms with E-state index in [-0.39, 0.29) is 0 Å². The molecule has 3 aliphatic carbocycles. The summed E-state index contributed by atoms with van der Waals surface area (Å²) in [6.07, 6.45) is 18.6. The van der Waals surface area contributed by atoms with Gasteiger partial charge in [-0.25, -0.2) is 0 Å². The molecule has 0 amide bonds. The summed E-state index contributed by atoms with van der Waals surface area (Å²) in [6, 6.07) is 0. The first-order valence-electron chi connectivity index (χ1n) is 8.74.